The number of fused-ring (bicyclic) bond motifs is 1. The number of likely N-dealkylation sites (tertiary alicyclic amines) is 1. The van der Waals surface area contributed by atoms with Crippen LogP contribution in [0.2, 0.25) is 0 Å². The number of nitrogens with zero attached hydrogens (tertiary/aromatic N) is 4. The van der Waals surface area contributed by atoms with Crippen molar-refractivity contribution in [2.75, 3.05) is 43.1 Å². The number of aliphatic hydroxyl groups is 1. The molecule has 0 saturated carbocycles. The van der Waals surface area contributed by atoms with Gasteiger partial charge in [-0.1, -0.05) is 78.7 Å². The highest BCUT2D eigenvalue weighted by Crippen LogP contribution is 2.61. The molecule has 304 valence electrons. The van der Waals surface area contributed by atoms with E-state index in [2.05, 4.69) is 47.8 Å². The standard InChI is InChI=1S/C44H59BrN4O7/c1-9-14-20-35(51)46(8)29(7)38(30-18-16-15-17-19-30)55-43(54)36-37-41(52)49(34(27-50)28(6)11-3)40(44(37)26-33(45)39(36)56-44)42(53)48(25-10-2)32-23-21-31(22-24-32)47(12-4)13-5/h9-10,15-19,21-24,28-29,33-34,36-40,50H,1-2,11-14,20,25-27H2,3-8H3/t28-,29-,33?,34-,36-,37+,38+,39-,40-,44+/m0/s1. The maximum atomic E-state index is 15.3. The second-order valence-electron chi connectivity index (χ2n) is 15.3. The third-order valence-corrected chi connectivity index (χ3v) is 13.2. The number of rotatable bonds is 19. The number of allylic oxidation sites excluding steroid dienone is 1. The van der Waals surface area contributed by atoms with E-state index in [0.29, 0.717) is 30.5 Å². The highest BCUT2D eigenvalue weighted by Gasteiger charge is 2.78. The average Bonchev–Trinajstić information content (AvgIpc) is 3.81. The highest BCUT2D eigenvalue weighted by atomic mass is 79.9. The Morgan fingerprint density at radius 3 is 2.25 bits per heavy atom. The Morgan fingerprint density at radius 1 is 1.04 bits per heavy atom. The van der Waals surface area contributed by atoms with Gasteiger partial charge in [-0.25, -0.2) is 0 Å². The first-order valence-electron chi connectivity index (χ1n) is 20.0. The largest absolute Gasteiger partial charge is 0.455 e. The second kappa shape index (κ2) is 18.5. The smallest absolute Gasteiger partial charge is 0.313 e. The molecule has 56 heavy (non-hydrogen) atoms. The Hall–Kier alpha value is -4.00. The summed E-state index contributed by atoms with van der Waals surface area (Å²) < 4.78 is 13.3. The molecular formula is C44H59BrN4O7. The summed E-state index contributed by atoms with van der Waals surface area (Å²) in [5.74, 6) is -3.82. The number of ether oxygens (including phenoxy) is 2. The molecule has 3 aliphatic rings. The van der Waals surface area contributed by atoms with Gasteiger partial charge in [0.15, 0.2) is 0 Å². The zero-order chi connectivity index (χ0) is 40.9. The fraction of sp³-hybridized carbons (Fsp3) is 0.545. The van der Waals surface area contributed by atoms with Crippen LogP contribution in [0, 0.1) is 17.8 Å². The van der Waals surface area contributed by atoms with E-state index in [4.69, 9.17) is 9.47 Å². The average molecular weight is 836 g/mol. The van der Waals surface area contributed by atoms with Gasteiger partial charge in [0.05, 0.1) is 36.6 Å². The Labute approximate surface area is 340 Å². The van der Waals surface area contributed by atoms with Gasteiger partial charge < -0.3 is 34.2 Å². The first-order chi connectivity index (χ1) is 26.8. The summed E-state index contributed by atoms with van der Waals surface area (Å²) in [5.41, 5.74) is 0.966. The van der Waals surface area contributed by atoms with Crippen molar-refractivity contribution < 1.29 is 33.8 Å². The molecule has 2 aromatic carbocycles. The van der Waals surface area contributed by atoms with Crippen molar-refractivity contribution in [3.63, 3.8) is 0 Å². The molecular weight excluding hydrogens is 776 g/mol. The number of carbonyl (C=O) groups is 4. The summed E-state index contributed by atoms with van der Waals surface area (Å²) in [4.78, 5) is 64.8. The molecule has 1 spiro atoms. The lowest BCUT2D eigenvalue weighted by Gasteiger charge is -2.41. The molecule has 0 radical (unpaired) electrons. The number of likely N-dealkylation sites (N-methyl/N-ethyl adjacent to an activating group) is 1. The SMILES string of the molecule is C=CCCC(=O)N(C)[C@@H](C)[C@@H](OC(=O)[C@@H]1[C@H]2O[C@@]3(CC2Br)[C@H](C(=O)N(CC=C)c2ccc(N(CC)CC)cc2)N([C@@H](CO)[C@@H](C)CC)C(=O)[C@@H]13)c1ccccc1. The summed E-state index contributed by atoms with van der Waals surface area (Å²) in [6.45, 7) is 19.1. The van der Waals surface area contributed by atoms with Crippen LogP contribution in [0.3, 0.4) is 0 Å². The molecule has 0 aromatic heterocycles. The van der Waals surface area contributed by atoms with Gasteiger partial charge in [-0.05, 0) is 69.4 Å². The van der Waals surface area contributed by atoms with Gasteiger partial charge in [0.1, 0.15) is 17.7 Å². The van der Waals surface area contributed by atoms with E-state index < -0.39 is 59.6 Å². The Kier molecular flexibility index (Phi) is 14.3. The van der Waals surface area contributed by atoms with Crippen LogP contribution in [0.25, 0.3) is 0 Å². The van der Waals surface area contributed by atoms with E-state index in [-0.39, 0.29) is 42.1 Å². The highest BCUT2D eigenvalue weighted by molar-refractivity contribution is 9.09. The Morgan fingerprint density at radius 2 is 1.68 bits per heavy atom. The van der Waals surface area contributed by atoms with Gasteiger partial charge in [0.25, 0.3) is 5.91 Å². The predicted molar refractivity (Wildman–Crippen MR) is 222 cm³/mol. The molecule has 1 N–H and O–H groups in total. The monoisotopic (exact) mass is 834 g/mol. The number of anilines is 2. The minimum Gasteiger partial charge on any atom is -0.455 e. The van der Waals surface area contributed by atoms with Crippen molar-refractivity contribution in [1.29, 1.82) is 0 Å². The van der Waals surface area contributed by atoms with Crippen molar-refractivity contribution in [1.82, 2.24) is 9.80 Å². The first-order valence-corrected chi connectivity index (χ1v) is 20.9. The molecule has 3 heterocycles. The first kappa shape index (κ1) is 43.1. The minimum absolute atomic E-state index is 0.119. The number of carbonyl (C=O) groups excluding carboxylic acids is 4. The molecule has 2 bridgehead atoms. The summed E-state index contributed by atoms with van der Waals surface area (Å²) in [5, 5.41) is 10.9. The molecule has 2 aromatic rings. The van der Waals surface area contributed by atoms with Crippen LogP contribution in [0.15, 0.2) is 79.9 Å². The second-order valence-corrected chi connectivity index (χ2v) is 16.5. The Balaban J connectivity index is 1.56. The molecule has 3 saturated heterocycles. The number of hydrogen-bond donors (Lipinski definition) is 1. The maximum Gasteiger partial charge on any atom is 0.313 e. The zero-order valence-corrected chi connectivity index (χ0v) is 35.3. The lowest BCUT2D eigenvalue weighted by atomic mass is 9.70. The van der Waals surface area contributed by atoms with E-state index in [1.807, 2.05) is 75.4 Å². The van der Waals surface area contributed by atoms with Crippen molar-refractivity contribution in [2.45, 2.75) is 101 Å². The van der Waals surface area contributed by atoms with Gasteiger partial charge in [-0.15, -0.1) is 13.2 Å². The van der Waals surface area contributed by atoms with Crippen LogP contribution in [0.5, 0.6) is 0 Å². The van der Waals surface area contributed by atoms with E-state index in [1.54, 1.807) is 29.0 Å². The third-order valence-electron chi connectivity index (χ3n) is 12.3. The normalized spacial score (nSPS) is 25.8. The summed E-state index contributed by atoms with van der Waals surface area (Å²) in [6.07, 6.45) is 3.43. The fourth-order valence-corrected chi connectivity index (χ4v) is 9.89. The van der Waals surface area contributed by atoms with Crippen LogP contribution in [0.1, 0.15) is 72.0 Å². The van der Waals surface area contributed by atoms with Gasteiger partial charge in [-0.3, -0.25) is 19.2 Å². The van der Waals surface area contributed by atoms with Crippen molar-refractivity contribution in [2.24, 2.45) is 17.8 Å². The molecule has 1 unspecified atom stereocenters. The molecule has 3 aliphatic heterocycles. The van der Waals surface area contributed by atoms with Crippen LogP contribution in [0.4, 0.5) is 11.4 Å². The van der Waals surface area contributed by atoms with E-state index in [0.717, 1.165) is 18.8 Å². The maximum absolute atomic E-state index is 15.3. The lowest BCUT2D eigenvalue weighted by Crippen LogP contribution is -2.60. The topological polar surface area (TPSA) is 120 Å². The summed E-state index contributed by atoms with van der Waals surface area (Å²) >= 11 is 3.78. The van der Waals surface area contributed by atoms with Gasteiger partial charge in [-0.2, -0.15) is 0 Å². The fourth-order valence-electron chi connectivity index (χ4n) is 8.94. The number of amides is 3. The number of alkyl halides is 1. The summed E-state index contributed by atoms with van der Waals surface area (Å²) in [7, 11) is 1.69. The molecule has 0 aliphatic carbocycles. The quantitative estimate of drug-likeness (QED) is 0.0996. The number of esters is 1. The molecule has 10 atom stereocenters. The van der Waals surface area contributed by atoms with Gasteiger partial charge in [0, 0.05) is 49.3 Å². The van der Waals surface area contributed by atoms with E-state index in [9.17, 15) is 14.7 Å². The number of hydrogen-bond acceptors (Lipinski definition) is 8. The predicted octanol–water partition coefficient (Wildman–Crippen LogP) is 6.30. The molecule has 3 fully saturated rings. The van der Waals surface area contributed by atoms with Crippen molar-refractivity contribution in [3.8, 4) is 0 Å². The van der Waals surface area contributed by atoms with Gasteiger partial charge in [0.2, 0.25) is 11.8 Å². The molecule has 12 heteroatoms. The molecule has 5 rings (SSSR count). The molecule has 11 nitrogen and oxygen atoms in total. The van der Waals surface area contributed by atoms with Crippen LogP contribution in [-0.2, 0) is 28.7 Å². The third kappa shape index (κ3) is 7.94. The van der Waals surface area contributed by atoms with E-state index >= 15 is 9.59 Å². The van der Waals surface area contributed by atoms with Crippen LogP contribution in [-0.4, -0.2) is 107 Å². The van der Waals surface area contributed by atoms with Gasteiger partial charge >= 0.3 is 5.97 Å². The zero-order valence-electron chi connectivity index (χ0n) is 33.7. The number of halogens is 1. The molecule has 3 amide bonds. The van der Waals surface area contributed by atoms with Crippen LogP contribution < -0.4 is 9.80 Å². The van der Waals surface area contributed by atoms with Crippen LogP contribution >= 0.6 is 15.9 Å². The number of aliphatic hydroxyl groups excluding tert-OH is 1. The van der Waals surface area contributed by atoms with Crippen molar-refractivity contribution >= 4 is 51.0 Å². The Bertz CT molecular complexity index is 1720. The van der Waals surface area contributed by atoms with Crippen molar-refractivity contribution in [3.05, 3.63) is 85.5 Å². The summed E-state index contributed by atoms with van der Waals surface area (Å²) in [6, 6.07) is 14.6. The van der Waals surface area contributed by atoms with E-state index in [1.165, 1.54) is 4.90 Å². The lowest BCUT2D eigenvalue weighted by molar-refractivity contribution is -0.165. The number of benzene rings is 2. The minimum atomic E-state index is -1.39.